The minimum Gasteiger partial charge on any atom is -0.354 e. The number of para-hydroxylation sites is 1. The van der Waals surface area contributed by atoms with Crippen LogP contribution < -0.4 is 0 Å². The van der Waals surface area contributed by atoms with Gasteiger partial charge in [0.05, 0.1) is 33.1 Å². The van der Waals surface area contributed by atoms with E-state index in [0.29, 0.717) is 0 Å². The Hall–Kier alpha value is -5.15. The number of rotatable bonds is 3. The highest BCUT2D eigenvalue weighted by Gasteiger charge is 2.19. The van der Waals surface area contributed by atoms with Gasteiger partial charge in [-0.25, -0.2) is 4.98 Å². The molecular weight excluding hydrogens is 571 g/mol. The Balaban J connectivity index is 1.34. The number of nitrogens with zero attached hydrogens (tertiary/aromatic N) is 2. The molecule has 232 valence electrons. The summed E-state index contributed by atoms with van der Waals surface area (Å²) >= 11 is 0. The molecule has 0 unspecified atom stereocenters. The minimum absolute atomic E-state index is 0.106. The van der Waals surface area contributed by atoms with Crippen LogP contribution in [-0.4, -0.2) is 14.5 Å². The van der Waals surface area contributed by atoms with Crippen LogP contribution in [0.25, 0.3) is 77.3 Å². The number of aromatic nitrogens is 3. The lowest BCUT2D eigenvalue weighted by atomic mass is 9.85. The summed E-state index contributed by atoms with van der Waals surface area (Å²) < 4.78 is 2.27. The summed E-state index contributed by atoms with van der Waals surface area (Å²) in [7, 11) is 2.14. The second-order valence-corrected chi connectivity index (χ2v) is 15.1. The number of H-pyrrole nitrogens is 1. The van der Waals surface area contributed by atoms with Crippen molar-refractivity contribution in [3.8, 4) is 33.5 Å². The highest BCUT2D eigenvalue weighted by molar-refractivity contribution is 6.23. The number of hydrogen-bond donors (Lipinski definition) is 1. The maximum absolute atomic E-state index is 5.44. The van der Waals surface area contributed by atoms with Crippen LogP contribution in [-0.2, 0) is 17.9 Å². The lowest BCUT2D eigenvalue weighted by Crippen LogP contribution is -2.10. The van der Waals surface area contributed by atoms with Crippen LogP contribution in [0.5, 0.6) is 0 Å². The summed E-state index contributed by atoms with van der Waals surface area (Å²) in [5.74, 6) is 0. The quantitative estimate of drug-likeness (QED) is 0.212. The summed E-state index contributed by atoms with van der Waals surface area (Å²) in [6.45, 7) is 13.6. The van der Waals surface area contributed by atoms with Gasteiger partial charge in [-0.1, -0.05) is 114 Å². The molecule has 0 aliphatic carbocycles. The fraction of sp³-hybridized carbons (Fsp3) is 0.205. The third-order valence-corrected chi connectivity index (χ3v) is 9.89. The van der Waals surface area contributed by atoms with Crippen LogP contribution in [0.15, 0.2) is 115 Å². The van der Waals surface area contributed by atoms with Crippen LogP contribution in [0.4, 0.5) is 0 Å². The molecule has 3 nitrogen and oxygen atoms in total. The number of aryl methyl sites for hydroxylation is 1. The molecule has 0 saturated carbocycles. The molecule has 0 saturated heterocycles. The van der Waals surface area contributed by atoms with Crippen molar-refractivity contribution in [2.45, 2.75) is 52.4 Å². The molecular formula is C44H41N3. The number of fused-ring (bicyclic) bond motifs is 7. The van der Waals surface area contributed by atoms with Crippen molar-refractivity contribution in [2.75, 3.05) is 0 Å². The predicted molar refractivity (Wildman–Crippen MR) is 201 cm³/mol. The van der Waals surface area contributed by atoms with E-state index in [4.69, 9.17) is 4.98 Å². The van der Waals surface area contributed by atoms with Crippen molar-refractivity contribution >= 4 is 43.7 Å². The zero-order valence-corrected chi connectivity index (χ0v) is 28.4. The molecule has 47 heavy (non-hydrogen) atoms. The van der Waals surface area contributed by atoms with Crippen molar-refractivity contribution < 1.29 is 0 Å². The number of benzene rings is 5. The van der Waals surface area contributed by atoms with E-state index >= 15 is 0 Å². The zero-order chi connectivity index (χ0) is 32.7. The molecule has 0 atom stereocenters. The summed E-state index contributed by atoms with van der Waals surface area (Å²) in [4.78, 5) is 9.16. The van der Waals surface area contributed by atoms with Crippen molar-refractivity contribution in [2.24, 2.45) is 7.05 Å². The lowest BCUT2D eigenvalue weighted by molar-refractivity contribution is 0.590. The zero-order valence-electron chi connectivity index (χ0n) is 28.4. The van der Waals surface area contributed by atoms with E-state index in [1.54, 1.807) is 0 Å². The average molecular weight is 612 g/mol. The number of nitrogens with one attached hydrogen (secondary N) is 1. The molecule has 8 rings (SSSR count). The Kier molecular flexibility index (Phi) is 6.50. The molecule has 0 aliphatic heterocycles. The number of pyridine rings is 1. The molecule has 0 amide bonds. The van der Waals surface area contributed by atoms with E-state index in [-0.39, 0.29) is 10.8 Å². The van der Waals surface area contributed by atoms with Gasteiger partial charge < -0.3 is 9.55 Å². The van der Waals surface area contributed by atoms with Crippen LogP contribution in [0.3, 0.4) is 0 Å². The minimum atomic E-state index is 0.106. The Labute approximate surface area is 276 Å². The molecule has 1 N–H and O–H groups in total. The molecule has 0 spiro atoms. The predicted octanol–water partition coefficient (Wildman–Crippen LogP) is 12.0. The van der Waals surface area contributed by atoms with Crippen LogP contribution >= 0.6 is 0 Å². The summed E-state index contributed by atoms with van der Waals surface area (Å²) in [6, 6.07) is 42.5. The van der Waals surface area contributed by atoms with Gasteiger partial charge in [0, 0.05) is 28.9 Å². The van der Waals surface area contributed by atoms with Gasteiger partial charge in [0.2, 0.25) is 0 Å². The fourth-order valence-corrected chi connectivity index (χ4v) is 7.06. The first-order chi connectivity index (χ1) is 22.5. The Morgan fingerprint density at radius 3 is 1.68 bits per heavy atom. The van der Waals surface area contributed by atoms with Gasteiger partial charge in [-0.3, -0.25) is 0 Å². The normalized spacial score (nSPS) is 12.6. The van der Waals surface area contributed by atoms with Crippen LogP contribution in [0.2, 0.25) is 0 Å². The first-order valence-electron chi connectivity index (χ1n) is 16.6. The van der Waals surface area contributed by atoms with Crippen molar-refractivity contribution in [1.82, 2.24) is 14.5 Å². The van der Waals surface area contributed by atoms with Gasteiger partial charge in [0.25, 0.3) is 0 Å². The number of aromatic amines is 1. The molecule has 3 heterocycles. The van der Waals surface area contributed by atoms with Gasteiger partial charge in [-0.05, 0) is 86.7 Å². The smallest absolute Gasteiger partial charge is 0.0988 e. The highest BCUT2D eigenvalue weighted by atomic mass is 15.0. The van der Waals surface area contributed by atoms with Crippen molar-refractivity contribution in [3.63, 3.8) is 0 Å². The Bertz CT molecular complexity index is 2380. The summed E-state index contributed by atoms with van der Waals surface area (Å²) in [5, 5.41) is 3.64. The molecule has 8 aromatic rings. The first kappa shape index (κ1) is 29.3. The van der Waals surface area contributed by atoms with Crippen LogP contribution in [0.1, 0.15) is 52.7 Å². The lowest BCUT2D eigenvalue weighted by Gasteiger charge is -2.20. The van der Waals surface area contributed by atoms with E-state index in [0.717, 1.165) is 33.3 Å². The second-order valence-electron chi connectivity index (χ2n) is 15.1. The van der Waals surface area contributed by atoms with E-state index in [1.807, 2.05) is 0 Å². The largest absolute Gasteiger partial charge is 0.354 e. The van der Waals surface area contributed by atoms with Gasteiger partial charge in [-0.2, -0.15) is 0 Å². The summed E-state index contributed by atoms with van der Waals surface area (Å²) in [6.07, 6.45) is 0. The highest BCUT2D eigenvalue weighted by Crippen LogP contribution is 2.39. The average Bonchev–Trinajstić information content (AvgIpc) is 3.58. The molecule has 5 aromatic carbocycles. The van der Waals surface area contributed by atoms with Gasteiger partial charge >= 0.3 is 0 Å². The molecule has 0 bridgehead atoms. The summed E-state index contributed by atoms with van der Waals surface area (Å²) in [5.41, 5.74) is 15.4. The second kappa shape index (κ2) is 10.4. The van der Waals surface area contributed by atoms with Gasteiger partial charge in [0.1, 0.15) is 0 Å². The van der Waals surface area contributed by atoms with Gasteiger partial charge in [-0.15, -0.1) is 0 Å². The number of hydrogen-bond acceptors (Lipinski definition) is 1. The Morgan fingerprint density at radius 2 is 1.09 bits per heavy atom. The molecule has 0 radical (unpaired) electrons. The topological polar surface area (TPSA) is 33.6 Å². The standard InChI is InChI=1S/C44H41N3/c1-43(2,3)32-16-12-27(13-17-32)29-24-30(28-14-18-33(19-15-28)44(4,5)6)26-31(25-29)36-21-23-39-42(45-36)40-38(47(39)7)22-20-35-34-10-8-9-11-37(34)46-41(35)40/h8-26,46H,1-7H3. The monoisotopic (exact) mass is 611 g/mol. The van der Waals surface area contributed by atoms with E-state index in [2.05, 4.69) is 173 Å². The van der Waals surface area contributed by atoms with Crippen molar-refractivity contribution in [3.05, 3.63) is 126 Å². The molecule has 3 heteroatoms. The third-order valence-electron chi connectivity index (χ3n) is 9.89. The molecule has 0 fully saturated rings. The molecule has 0 aliphatic rings. The van der Waals surface area contributed by atoms with Crippen LogP contribution in [0, 0.1) is 0 Å². The Morgan fingerprint density at radius 1 is 0.532 bits per heavy atom. The first-order valence-corrected chi connectivity index (χ1v) is 16.6. The molecule has 3 aromatic heterocycles. The van der Waals surface area contributed by atoms with E-state index < -0.39 is 0 Å². The maximum atomic E-state index is 5.44. The maximum Gasteiger partial charge on any atom is 0.0988 e. The van der Waals surface area contributed by atoms with E-state index in [9.17, 15) is 0 Å². The SMILES string of the molecule is Cn1c2ccc(-c3cc(-c4ccc(C(C)(C)C)cc4)cc(-c4ccc(C(C)(C)C)cc4)c3)nc2c2c3[nH]c4ccccc4c3ccc21. The van der Waals surface area contributed by atoms with Gasteiger partial charge in [0.15, 0.2) is 0 Å². The fourth-order valence-electron chi connectivity index (χ4n) is 7.06. The van der Waals surface area contributed by atoms with Crippen molar-refractivity contribution in [1.29, 1.82) is 0 Å². The van der Waals surface area contributed by atoms with E-state index in [1.165, 1.54) is 55.1 Å². The third kappa shape index (κ3) is 4.93.